The van der Waals surface area contributed by atoms with E-state index in [1.807, 2.05) is 5.38 Å². The summed E-state index contributed by atoms with van der Waals surface area (Å²) in [5.41, 5.74) is 6.13. The number of hydrogen-bond donors (Lipinski definition) is 3. The van der Waals surface area contributed by atoms with Crippen molar-refractivity contribution in [1.29, 1.82) is 0 Å². The van der Waals surface area contributed by atoms with E-state index in [0.29, 0.717) is 23.6 Å². The Labute approximate surface area is 154 Å². The monoisotopic (exact) mass is 379 g/mol. The molecule has 2 rings (SSSR count). The quantitative estimate of drug-likeness (QED) is 0.509. The number of carbonyl (C=O) groups excluding carboxylic acids is 3. The van der Waals surface area contributed by atoms with E-state index in [2.05, 4.69) is 16.2 Å². The summed E-state index contributed by atoms with van der Waals surface area (Å²) < 4.78 is 0. The Morgan fingerprint density at radius 3 is 2.40 bits per heavy atom. The lowest BCUT2D eigenvalue weighted by molar-refractivity contribution is -0.128. The Kier molecular flexibility index (Phi) is 7.43. The van der Waals surface area contributed by atoms with Gasteiger partial charge in [-0.25, -0.2) is 0 Å². The standard InChI is InChI=1S/C17H18ClN3O3S/c18-14-5-3-12(4-6-14)10-16(23)21-20-15(22)2-1-8-19-17(24)13-7-9-25-11-13/h3-7,9,11H,1-2,8,10H2,(H,19,24)(H,20,22)(H,21,23). The van der Waals surface area contributed by atoms with Gasteiger partial charge >= 0.3 is 0 Å². The van der Waals surface area contributed by atoms with Crippen LogP contribution in [0, 0.1) is 0 Å². The van der Waals surface area contributed by atoms with Gasteiger partial charge in [-0.15, -0.1) is 0 Å². The minimum atomic E-state index is -0.318. The number of halogens is 1. The predicted molar refractivity (Wildman–Crippen MR) is 97.3 cm³/mol. The Bertz CT molecular complexity index is 717. The van der Waals surface area contributed by atoms with Gasteiger partial charge in [-0.1, -0.05) is 23.7 Å². The number of hydrazine groups is 1. The molecule has 2 aromatic rings. The Balaban J connectivity index is 1.58. The van der Waals surface area contributed by atoms with Gasteiger partial charge in [-0.3, -0.25) is 25.2 Å². The zero-order chi connectivity index (χ0) is 18.1. The smallest absolute Gasteiger partial charge is 0.252 e. The largest absolute Gasteiger partial charge is 0.352 e. The fourth-order valence-electron chi connectivity index (χ4n) is 1.98. The maximum Gasteiger partial charge on any atom is 0.252 e. The molecule has 0 fully saturated rings. The first-order chi connectivity index (χ1) is 12.0. The molecule has 0 aliphatic carbocycles. The minimum Gasteiger partial charge on any atom is -0.352 e. The summed E-state index contributed by atoms with van der Waals surface area (Å²) in [4.78, 5) is 35.1. The molecule has 0 aliphatic rings. The van der Waals surface area contributed by atoms with Gasteiger partial charge in [0, 0.05) is 28.9 Å². The molecule has 25 heavy (non-hydrogen) atoms. The molecular formula is C17H18ClN3O3S. The second-order valence-electron chi connectivity index (χ2n) is 5.27. The van der Waals surface area contributed by atoms with E-state index in [0.717, 1.165) is 5.56 Å². The number of carbonyl (C=O) groups is 3. The van der Waals surface area contributed by atoms with Crippen LogP contribution in [0.2, 0.25) is 5.02 Å². The summed E-state index contributed by atoms with van der Waals surface area (Å²) in [5.74, 6) is -0.784. The molecule has 0 unspecified atom stereocenters. The van der Waals surface area contributed by atoms with Crippen LogP contribution in [0.4, 0.5) is 0 Å². The molecule has 3 amide bonds. The molecule has 0 bridgehead atoms. The molecule has 1 heterocycles. The van der Waals surface area contributed by atoms with Crippen molar-refractivity contribution in [3.8, 4) is 0 Å². The summed E-state index contributed by atoms with van der Waals surface area (Å²) in [5, 5.41) is 6.92. The Morgan fingerprint density at radius 1 is 1.00 bits per heavy atom. The summed E-state index contributed by atoms with van der Waals surface area (Å²) >= 11 is 7.23. The molecule has 0 atom stereocenters. The van der Waals surface area contributed by atoms with Crippen molar-refractivity contribution in [2.45, 2.75) is 19.3 Å². The zero-order valence-electron chi connectivity index (χ0n) is 13.4. The van der Waals surface area contributed by atoms with Crippen LogP contribution in [0.3, 0.4) is 0 Å². The SMILES string of the molecule is O=C(CCCNC(=O)c1ccsc1)NNC(=O)Cc1ccc(Cl)cc1. The lowest BCUT2D eigenvalue weighted by Gasteiger charge is -2.08. The first-order valence-electron chi connectivity index (χ1n) is 7.67. The molecular weight excluding hydrogens is 362 g/mol. The number of amides is 3. The zero-order valence-corrected chi connectivity index (χ0v) is 15.0. The number of hydrogen-bond acceptors (Lipinski definition) is 4. The van der Waals surface area contributed by atoms with Gasteiger partial charge in [0.05, 0.1) is 6.42 Å². The molecule has 0 spiro atoms. The van der Waals surface area contributed by atoms with E-state index in [4.69, 9.17) is 11.6 Å². The van der Waals surface area contributed by atoms with E-state index in [-0.39, 0.29) is 30.6 Å². The molecule has 0 saturated carbocycles. The highest BCUT2D eigenvalue weighted by Crippen LogP contribution is 2.09. The van der Waals surface area contributed by atoms with Crippen LogP contribution in [0.15, 0.2) is 41.1 Å². The van der Waals surface area contributed by atoms with Gasteiger partial charge in [0.25, 0.3) is 5.91 Å². The number of rotatable bonds is 7. The average Bonchev–Trinajstić information content (AvgIpc) is 3.13. The van der Waals surface area contributed by atoms with Crippen molar-refractivity contribution in [3.63, 3.8) is 0 Å². The minimum absolute atomic E-state index is 0.147. The van der Waals surface area contributed by atoms with Crippen molar-refractivity contribution >= 4 is 40.7 Å². The summed E-state index contributed by atoms with van der Waals surface area (Å²) in [6.45, 7) is 0.390. The second kappa shape index (κ2) is 9.80. The van der Waals surface area contributed by atoms with Crippen LogP contribution in [0.1, 0.15) is 28.8 Å². The van der Waals surface area contributed by atoms with Gasteiger partial charge in [-0.05, 0) is 35.6 Å². The van der Waals surface area contributed by atoms with Crippen molar-refractivity contribution in [1.82, 2.24) is 16.2 Å². The molecule has 0 saturated heterocycles. The van der Waals surface area contributed by atoms with E-state index < -0.39 is 0 Å². The van der Waals surface area contributed by atoms with Crippen molar-refractivity contribution in [3.05, 3.63) is 57.2 Å². The Morgan fingerprint density at radius 2 is 1.72 bits per heavy atom. The van der Waals surface area contributed by atoms with Gasteiger partial charge in [0.1, 0.15) is 0 Å². The molecule has 0 aliphatic heterocycles. The van der Waals surface area contributed by atoms with Crippen molar-refractivity contribution in [2.75, 3.05) is 6.54 Å². The third-order valence-corrected chi connectivity index (χ3v) is 4.20. The summed E-state index contributed by atoms with van der Waals surface area (Å²) in [6.07, 6.45) is 0.827. The third kappa shape index (κ3) is 6.94. The summed E-state index contributed by atoms with van der Waals surface area (Å²) in [7, 11) is 0. The van der Waals surface area contributed by atoms with Crippen LogP contribution in [0.5, 0.6) is 0 Å². The predicted octanol–water partition coefficient (Wildman–Crippen LogP) is 2.30. The van der Waals surface area contributed by atoms with Gasteiger partial charge in [-0.2, -0.15) is 11.3 Å². The fourth-order valence-corrected chi connectivity index (χ4v) is 2.74. The van der Waals surface area contributed by atoms with Gasteiger partial charge < -0.3 is 5.32 Å². The maximum absolute atomic E-state index is 11.7. The summed E-state index contributed by atoms with van der Waals surface area (Å²) in [6, 6.07) is 8.64. The Hall–Kier alpha value is -2.38. The molecule has 132 valence electrons. The van der Waals surface area contributed by atoms with Crippen LogP contribution in [0.25, 0.3) is 0 Å². The van der Waals surface area contributed by atoms with Gasteiger partial charge in [0.2, 0.25) is 11.8 Å². The third-order valence-electron chi connectivity index (χ3n) is 3.27. The van der Waals surface area contributed by atoms with Crippen molar-refractivity contribution in [2.24, 2.45) is 0 Å². The van der Waals surface area contributed by atoms with E-state index >= 15 is 0 Å². The van der Waals surface area contributed by atoms with Crippen LogP contribution in [-0.4, -0.2) is 24.3 Å². The number of benzene rings is 1. The topological polar surface area (TPSA) is 87.3 Å². The van der Waals surface area contributed by atoms with Gasteiger partial charge in [0.15, 0.2) is 0 Å². The molecule has 0 radical (unpaired) electrons. The van der Waals surface area contributed by atoms with Crippen LogP contribution < -0.4 is 16.2 Å². The first-order valence-corrected chi connectivity index (χ1v) is 8.99. The normalized spacial score (nSPS) is 10.1. The molecule has 1 aromatic carbocycles. The molecule has 1 aromatic heterocycles. The lowest BCUT2D eigenvalue weighted by Crippen LogP contribution is -2.42. The maximum atomic E-state index is 11.7. The molecule has 6 nitrogen and oxygen atoms in total. The van der Waals surface area contributed by atoms with E-state index in [1.54, 1.807) is 35.7 Å². The lowest BCUT2D eigenvalue weighted by atomic mass is 10.1. The van der Waals surface area contributed by atoms with E-state index in [1.165, 1.54) is 11.3 Å². The second-order valence-corrected chi connectivity index (χ2v) is 6.49. The highest BCUT2D eigenvalue weighted by atomic mass is 35.5. The van der Waals surface area contributed by atoms with Crippen LogP contribution >= 0.6 is 22.9 Å². The highest BCUT2D eigenvalue weighted by molar-refractivity contribution is 7.08. The first kappa shape index (κ1) is 19.0. The average molecular weight is 380 g/mol. The van der Waals surface area contributed by atoms with Crippen molar-refractivity contribution < 1.29 is 14.4 Å². The fraction of sp³-hybridized carbons (Fsp3) is 0.235. The number of nitrogens with one attached hydrogen (secondary N) is 3. The molecule has 8 heteroatoms. The van der Waals surface area contributed by atoms with E-state index in [9.17, 15) is 14.4 Å². The molecule has 3 N–H and O–H groups in total. The number of thiophene rings is 1. The van der Waals surface area contributed by atoms with Crippen LogP contribution in [-0.2, 0) is 16.0 Å². The highest BCUT2D eigenvalue weighted by Gasteiger charge is 2.07.